The lowest BCUT2D eigenvalue weighted by molar-refractivity contribution is 1.08. The molecule has 0 saturated carbocycles. The molecule has 0 atom stereocenters. The molecule has 1 heterocycles. The van der Waals surface area contributed by atoms with Gasteiger partial charge in [-0.15, -0.1) is 11.6 Å². The first-order chi connectivity index (χ1) is 7.72. The van der Waals surface area contributed by atoms with E-state index in [2.05, 4.69) is 9.97 Å². The second kappa shape index (κ2) is 4.37. The molecule has 2 aromatic rings. The number of alkyl halides is 1. The third-order valence-corrected chi connectivity index (χ3v) is 2.37. The van der Waals surface area contributed by atoms with Gasteiger partial charge in [0.15, 0.2) is 0 Å². The van der Waals surface area contributed by atoms with Crippen molar-refractivity contribution in [1.29, 1.82) is 0 Å². The van der Waals surface area contributed by atoms with Gasteiger partial charge in [0.05, 0.1) is 10.9 Å². The maximum atomic E-state index is 11.5. The molecule has 16 heavy (non-hydrogen) atoms. The number of fused-ring (bicyclic) bond motifs is 1. The number of aromatic amines is 2. The number of nitrogens with one attached hydrogen (secondary N) is 2. The normalized spacial score (nSPS) is 11.3. The number of benzene rings is 1. The number of hydrogen-bond acceptors (Lipinski definition) is 2. The highest BCUT2D eigenvalue weighted by Crippen LogP contribution is 2.13. The number of H-pyrrole nitrogens is 2. The van der Waals surface area contributed by atoms with Crippen molar-refractivity contribution in [3.05, 3.63) is 50.7 Å². The number of rotatable bonds is 2. The molecule has 0 saturated heterocycles. The molecule has 2 rings (SSSR count). The van der Waals surface area contributed by atoms with Crippen molar-refractivity contribution >= 4 is 28.6 Å². The Morgan fingerprint density at radius 1 is 1.25 bits per heavy atom. The first-order valence-corrected chi connectivity index (χ1v) is 5.23. The van der Waals surface area contributed by atoms with Crippen LogP contribution in [0.15, 0.2) is 33.9 Å². The Labute approximate surface area is 95.6 Å². The van der Waals surface area contributed by atoms with Gasteiger partial charge in [-0.2, -0.15) is 0 Å². The second-order valence-corrected chi connectivity index (χ2v) is 3.54. The molecule has 0 fully saturated rings. The number of hydrogen-bond donors (Lipinski definition) is 2. The Kier molecular flexibility index (Phi) is 2.92. The number of para-hydroxylation sites is 1. The maximum Gasteiger partial charge on any atom is 0.326 e. The van der Waals surface area contributed by atoms with E-state index < -0.39 is 5.69 Å². The molecule has 0 spiro atoms. The molecule has 1 aromatic heterocycles. The van der Waals surface area contributed by atoms with E-state index in [0.717, 1.165) is 5.56 Å². The van der Waals surface area contributed by atoms with Crippen LogP contribution in [-0.2, 0) is 0 Å². The van der Waals surface area contributed by atoms with E-state index in [0.29, 0.717) is 16.8 Å². The Balaban J connectivity index is 2.81. The molecule has 0 amide bonds. The molecule has 0 aliphatic carbocycles. The average Bonchev–Trinajstić information content (AvgIpc) is 2.26. The quantitative estimate of drug-likeness (QED) is 0.776. The van der Waals surface area contributed by atoms with Crippen LogP contribution in [0.3, 0.4) is 0 Å². The Morgan fingerprint density at radius 2 is 2.06 bits per heavy atom. The molecule has 1 aromatic carbocycles. The summed E-state index contributed by atoms with van der Waals surface area (Å²) < 4.78 is 0. The van der Waals surface area contributed by atoms with Crippen molar-refractivity contribution in [2.75, 3.05) is 5.88 Å². The highest BCUT2D eigenvalue weighted by Gasteiger charge is 2.02. The highest BCUT2D eigenvalue weighted by atomic mass is 35.5. The van der Waals surface area contributed by atoms with Gasteiger partial charge in [-0.1, -0.05) is 24.3 Å². The molecule has 0 aliphatic rings. The van der Waals surface area contributed by atoms with E-state index >= 15 is 0 Å². The van der Waals surface area contributed by atoms with Crippen LogP contribution in [-0.4, -0.2) is 15.8 Å². The Morgan fingerprint density at radius 3 is 2.81 bits per heavy atom. The van der Waals surface area contributed by atoms with E-state index in [1.54, 1.807) is 30.4 Å². The van der Waals surface area contributed by atoms with Crippen molar-refractivity contribution in [2.45, 2.75) is 0 Å². The topological polar surface area (TPSA) is 65.7 Å². The van der Waals surface area contributed by atoms with Gasteiger partial charge in [-0.3, -0.25) is 9.78 Å². The lowest BCUT2D eigenvalue weighted by Crippen LogP contribution is -2.22. The molecule has 0 aliphatic heterocycles. The number of aromatic nitrogens is 2. The second-order valence-electron chi connectivity index (χ2n) is 3.23. The predicted octanol–water partition coefficient (Wildman–Crippen LogP) is 1.47. The van der Waals surface area contributed by atoms with Gasteiger partial charge >= 0.3 is 5.69 Å². The first-order valence-electron chi connectivity index (χ1n) is 4.70. The van der Waals surface area contributed by atoms with Gasteiger partial charge in [0.25, 0.3) is 5.56 Å². The van der Waals surface area contributed by atoms with Crippen LogP contribution < -0.4 is 11.2 Å². The third-order valence-electron chi connectivity index (χ3n) is 2.19. The van der Waals surface area contributed by atoms with Crippen LogP contribution >= 0.6 is 11.6 Å². The van der Waals surface area contributed by atoms with Gasteiger partial charge in [0, 0.05) is 5.88 Å². The van der Waals surface area contributed by atoms with E-state index in [9.17, 15) is 9.59 Å². The third kappa shape index (κ3) is 1.92. The molecular formula is C11H9ClN2O2. The smallest absolute Gasteiger partial charge is 0.306 e. The molecule has 5 heteroatoms. The molecule has 2 N–H and O–H groups in total. The zero-order valence-corrected chi connectivity index (χ0v) is 9.04. The van der Waals surface area contributed by atoms with Crippen LogP contribution in [0, 0.1) is 0 Å². The fourth-order valence-corrected chi connectivity index (χ4v) is 1.61. The summed E-state index contributed by atoms with van der Waals surface area (Å²) in [5.74, 6) is 0.379. The zero-order valence-electron chi connectivity index (χ0n) is 8.29. The summed E-state index contributed by atoms with van der Waals surface area (Å²) in [5, 5.41) is 0.455. The van der Waals surface area contributed by atoms with Crippen LogP contribution in [0.25, 0.3) is 17.0 Å². The minimum absolute atomic E-state index is 0.379. The van der Waals surface area contributed by atoms with Gasteiger partial charge in [-0.25, -0.2) is 4.79 Å². The standard InChI is InChI=1S/C11H9ClN2O2/c12-6-2-4-7-3-1-5-8-9(7)13-11(16)14-10(8)15/h1-5H,6H2,(H2,13,14,15,16). The van der Waals surface area contributed by atoms with Crippen molar-refractivity contribution in [3.8, 4) is 0 Å². The number of halogens is 1. The van der Waals surface area contributed by atoms with E-state index in [1.807, 2.05) is 0 Å². The summed E-state index contributed by atoms with van der Waals surface area (Å²) in [4.78, 5) is 27.5. The van der Waals surface area contributed by atoms with Gasteiger partial charge in [-0.05, 0) is 11.6 Å². The van der Waals surface area contributed by atoms with Crippen molar-refractivity contribution in [3.63, 3.8) is 0 Å². The van der Waals surface area contributed by atoms with Crippen LogP contribution in [0.4, 0.5) is 0 Å². The van der Waals surface area contributed by atoms with Crippen LogP contribution in [0.5, 0.6) is 0 Å². The fourth-order valence-electron chi connectivity index (χ4n) is 1.52. The van der Waals surface area contributed by atoms with Gasteiger partial charge < -0.3 is 4.98 Å². The van der Waals surface area contributed by atoms with Crippen molar-refractivity contribution in [2.24, 2.45) is 0 Å². The molecular weight excluding hydrogens is 228 g/mol. The van der Waals surface area contributed by atoms with E-state index in [4.69, 9.17) is 11.6 Å². The summed E-state index contributed by atoms with van der Waals surface area (Å²) >= 11 is 5.54. The predicted molar refractivity (Wildman–Crippen MR) is 64.9 cm³/mol. The van der Waals surface area contributed by atoms with Gasteiger partial charge in [0.2, 0.25) is 0 Å². The Hall–Kier alpha value is -1.81. The lowest BCUT2D eigenvalue weighted by Gasteiger charge is -2.00. The SMILES string of the molecule is O=c1[nH]c(=O)c2cccc(C=CCCl)c2[nH]1. The molecule has 0 radical (unpaired) electrons. The van der Waals surface area contributed by atoms with Crippen molar-refractivity contribution < 1.29 is 0 Å². The summed E-state index contributed by atoms with van der Waals surface area (Å²) in [6, 6.07) is 5.21. The minimum atomic E-state index is -0.510. The average molecular weight is 237 g/mol. The summed E-state index contributed by atoms with van der Waals surface area (Å²) in [6.07, 6.45) is 3.51. The highest BCUT2D eigenvalue weighted by molar-refractivity contribution is 6.19. The number of allylic oxidation sites excluding steroid dienone is 1. The van der Waals surface area contributed by atoms with Crippen LogP contribution in [0.1, 0.15) is 5.56 Å². The molecule has 0 unspecified atom stereocenters. The van der Waals surface area contributed by atoms with Crippen molar-refractivity contribution in [1.82, 2.24) is 9.97 Å². The van der Waals surface area contributed by atoms with Crippen LogP contribution in [0.2, 0.25) is 0 Å². The fraction of sp³-hybridized carbons (Fsp3) is 0.0909. The first kappa shape index (κ1) is 10.7. The summed E-state index contributed by atoms with van der Waals surface area (Å²) in [7, 11) is 0. The maximum absolute atomic E-state index is 11.5. The monoisotopic (exact) mass is 236 g/mol. The summed E-state index contributed by atoms with van der Waals surface area (Å²) in [6.45, 7) is 0. The van der Waals surface area contributed by atoms with Gasteiger partial charge in [0.1, 0.15) is 0 Å². The molecule has 4 nitrogen and oxygen atoms in total. The largest absolute Gasteiger partial charge is 0.326 e. The lowest BCUT2D eigenvalue weighted by atomic mass is 10.1. The molecule has 0 bridgehead atoms. The zero-order chi connectivity index (χ0) is 11.5. The van der Waals surface area contributed by atoms with E-state index in [1.165, 1.54) is 0 Å². The summed E-state index contributed by atoms with van der Waals surface area (Å²) in [5.41, 5.74) is 0.392. The Bertz CT molecular complexity index is 655. The van der Waals surface area contributed by atoms with E-state index in [-0.39, 0.29) is 5.56 Å². The minimum Gasteiger partial charge on any atom is -0.306 e. The molecule has 82 valence electrons.